The highest BCUT2D eigenvalue weighted by Gasteiger charge is 2.31. The van der Waals surface area contributed by atoms with Crippen LogP contribution in [0.15, 0.2) is 24.3 Å². The lowest BCUT2D eigenvalue weighted by Gasteiger charge is -2.31. The van der Waals surface area contributed by atoms with Gasteiger partial charge in [0.1, 0.15) is 5.75 Å². The topological polar surface area (TPSA) is 44.8 Å². The van der Waals surface area contributed by atoms with E-state index in [0.29, 0.717) is 13.1 Å². The van der Waals surface area contributed by atoms with Gasteiger partial charge in [-0.25, -0.2) is 0 Å². The van der Waals surface area contributed by atoms with Gasteiger partial charge in [-0.05, 0) is 31.7 Å². The Balaban J connectivity index is 0.00000312. The Labute approximate surface area is 151 Å². The number of hydrogen-bond donors (Lipinski definition) is 1. The molecule has 0 saturated carbocycles. The monoisotopic (exact) mass is 381 g/mol. The molecule has 0 aliphatic carbocycles. The van der Waals surface area contributed by atoms with Gasteiger partial charge in [-0.2, -0.15) is 0 Å². The smallest absolute Gasteiger partial charge is 0.406 e. The van der Waals surface area contributed by atoms with Crippen molar-refractivity contribution < 1.29 is 22.7 Å². The van der Waals surface area contributed by atoms with E-state index in [1.165, 1.54) is 12.1 Å². The SMILES string of the molecule is CC(c1ccc(OC(F)(F)F)cc1)N(C)CC(=O)N1CCNCC1.Cl. The maximum atomic E-state index is 12.3. The average Bonchev–Trinajstić information content (AvgIpc) is 2.54. The molecule has 1 N–H and O–H groups in total. The Morgan fingerprint density at radius 2 is 1.84 bits per heavy atom. The third kappa shape index (κ3) is 6.72. The summed E-state index contributed by atoms with van der Waals surface area (Å²) >= 11 is 0. The predicted molar refractivity (Wildman–Crippen MR) is 90.9 cm³/mol. The number of nitrogens with one attached hydrogen (secondary N) is 1. The Morgan fingerprint density at radius 3 is 2.36 bits per heavy atom. The minimum Gasteiger partial charge on any atom is -0.406 e. The van der Waals surface area contributed by atoms with Gasteiger partial charge in [-0.3, -0.25) is 9.69 Å². The summed E-state index contributed by atoms with van der Waals surface area (Å²) in [5.41, 5.74) is 0.820. The van der Waals surface area contributed by atoms with Crippen molar-refractivity contribution in [1.29, 1.82) is 0 Å². The van der Waals surface area contributed by atoms with Crippen molar-refractivity contribution in [3.8, 4) is 5.75 Å². The van der Waals surface area contributed by atoms with Crippen LogP contribution in [0.2, 0.25) is 0 Å². The molecule has 1 unspecified atom stereocenters. The quantitative estimate of drug-likeness (QED) is 0.851. The van der Waals surface area contributed by atoms with E-state index in [2.05, 4.69) is 10.1 Å². The molecule has 25 heavy (non-hydrogen) atoms. The summed E-state index contributed by atoms with van der Waals surface area (Å²) in [7, 11) is 1.82. The summed E-state index contributed by atoms with van der Waals surface area (Å²) in [4.78, 5) is 16.0. The third-order valence-electron chi connectivity index (χ3n) is 4.11. The van der Waals surface area contributed by atoms with Crippen LogP contribution in [0.4, 0.5) is 13.2 Å². The number of carbonyl (C=O) groups is 1. The molecule has 0 aromatic heterocycles. The highest BCUT2D eigenvalue weighted by Crippen LogP contribution is 2.25. The van der Waals surface area contributed by atoms with Crippen molar-refractivity contribution in [2.75, 3.05) is 39.8 Å². The molecule has 5 nitrogen and oxygen atoms in total. The van der Waals surface area contributed by atoms with E-state index < -0.39 is 6.36 Å². The maximum absolute atomic E-state index is 12.3. The van der Waals surface area contributed by atoms with E-state index in [0.717, 1.165) is 18.7 Å². The van der Waals surface area contributed by atoms with Crippen LogP contribution in [0.5, 0.6) is 5.75 Å². The number of benzene rings is 1. The summed E-state index contributed by atoms with van der Waals surface area (Å²) in [6, 6.07) is 5.63. The summed E-state index contributed by atoms with van der Waals surface area (Å²) in [6.45, 7) is 5.17. The minimum atomic E-state index is -4.69. The molecule has 1 aromatic rings. The largest absolute Gasteiger partial charge is 0.573 e. The second-order valence-corrected chi connectivity index (χ2v) is 5.84. The van der Waals surface area contributed by atoms with Crippen molar-refractivity contribution >= 4 is 18.3 Å². The molecule has 1 aliphatic rings. The van der Waals surface area contributed by atoms with Crippen LogP contribution >= 0.6 is 12.4 Å². The normalized spacial score (nSPS) is 16.3. The zero-order valence-corrected chi connectivity index (χ0v) is 15.0. The van der Waals surface area contributed by atoms with E-state index in [1.54, 1.807) is 12.1 Å². The molecule has 1 heterocycles. The standard InChI is InChI=1S/C16H22F3N3O2.ClH/c1-12(13-3-5-14(6-4-13)24-16(17,18)19)21(2)11-15(23)22-9-7-20-8-10-22;/h3-6,12,20H,7-11H2,1-2H3;1H. The zero-order valence-electron chi connectivity index (χ0n) is 14.2. The first-order valence-corrected chi connectivity index (χ1v) is 7.81. The molecule has 1 saturated heterocycles. The Hall–Kier alpha value is -1.51. The van der Waals surface area contributed by atoms with Gasteiger partial charge in [0.05, 0.1) is 6.54 Å². The molecular weight excluding hydrogens is 359 g/mol. The van der Waals surface area contributed by atoms with E-state index >= 15 is 0 Å². The number of piperazine rings is 1. The van der Waals surface area contributed by atoms with E-state index in [4.69, 9.17) is 0 Å². The van der Waals surface area contributed by atoms with Crippen molar-refractivity contribution in [3.05, 3.63) is 29.8 Å². The number of halogens is 4. The first-order valence-electron chi connectivity index (χ1n) is 7.81. The fraction of sp³-hybridized carbons (Fsp3) is 0.562. The van der Waals surface area contributed by atoms with Gasteiger partial charge in [0.15, 0.2) is 0 Å². The fourth-order valence-corrected chi connectivity index (χ4v) is 2.57. The zero-order chi connectivity index (χ0) is 17.7. The lowest BCUT2D eigenvalue weighted by molar-refractivity contribution is -0.274. The summed E-state index contributed by atoms with van der Waals surface area (Å²) < 4.78 is 40.4. The van der Waals surface area contributed by atoms with Crippen LogP contribution in [0.3, 0.4) is 0 Å². The van der Waals surface area contributed by atoms with Gasteiger partial charge in [-0.15, -0.1) is 25.6 Å². The van der Waals surface area contributed by atoms with Gasteiger partial charge >= 0.3 is 6.36 Å². The third-order valence-corrected chi connectivity index (χ3v) is 4.11. The number of rotatable bonds is 5. The van der Waals surface area contributed by atoms with Crippen LogP contribution in [0.25, 0.3) is 0 Å². The number of carbonyl (C=O) groups excluding carboxylic acids is 1. The van der Waals surface area contributed by atoms with Crippen LogP contribution in [0.1, 0.15) is 18.5 Å². The number of hydrogen-bond acceptors (Lipinski definition) is 4. The number of ether oxygens (including phenoxy) is 1. The summed E-state index contributed by atoms with van der Waals surface area (Å²) in [5, 5.41) is 3.19. The van der Waals surface area contributed by atoms with Crippen molar-refractivity contribution in [3.63, 3.8) is 0 Å². The van der Waals surface area contributed by atoms with Gasteiger partial charge in [0, 0.05) is 32.2 Å². The molecule has 142 valence electrons. The highest BCUT2D eigenvalue weighted by molar-refractivity contribution is 5.85. The number of amides is 1. The van der Waals surface area contributed by atoms with E-state index in [9.17, 15) is 18.0 Å². The molecule has 0 radical (unpaired) electrons. The highest BCUT2D eigenvalue weighted by atomic mass is 35.5. The molecule has 2 rings (SSSR count). The molecule has 0 spiro atoms. The second-order valence-electron chi connectivity index (χ2n) is 5.84. The molecule has 1 amide bonds. The van der Waals surface area contributed by atoms with Crippen LogP contribution < -0.4 is 10.1 Å². The van der Waals surface area contributed by atoms with Gasteiger partial charge in [0.25, 0.3) is 0 Å². The maximum Gasteiger partial charge on any atom is 0.573 e. The molecule has 0 bridgehead atoms. The molecule has 1 aliphatic heterocycles. The van der Waals surface area contributed by atoms with Crippen molar-refractivity contribution in [2.24, 2.45) is 0 Å². The van der Waals surface area contributed by atoms with E-state index in [1.807, 2.05) is 23.8 Å². The first-order chi connectivity index (χ1) is 11.3. The van der Waals surface area contributed by atoms with Gasteiger partial charge in [-0.1, -0.05) is 12.1 Å². The lowest BCUT2D eigenvalue weighted by Crippen LogP contribution is -2.49. The molecule has 9 heteroatoms. The Bertz CT molecular complexity index is 549. The van der Waals surface area contributed by atoms with Crippen LogP contribution in [-0.2, 0) is 4.79 Å². The Kier molecular flexibility index (Phi) is 7.98. The minimum absolute atomic E-state index is 0. The second kappa shape index (κ2) is 9.26. The Morgan fingerprint density at radius 1 is 1.28 bits per heavy atom. The summed E-state index contributed by atoms with van der Waals surface area (Å²) in [5.74, 6) is -0.194. The van der Waals surface area contributed by atoms with Gasteiger partial charge < -0.3 is 15.0 Å². The summed E-state index contributed by atoms with van der Waals surface area (Å²) in [6.07, 6.45) is -4.69. The van der Waals surface area contributed by atoms with Gasteiger partial charge in [0.2, 0.25) is 5.91 Å². The molecule has 1 fully saturated rings. The number of alkyl halides is 3. The van der Waals surface area contributed by atoms with Crippen LogP contribution in [0, 0.1) is 0 Å². The molecular formula is C16H23ClF3N3O2. The number of likely N-dealkylation sites (N-methyl/N-ethyl adjacent to an activating group) is 1. The van der Waals surface area contributed by atoms with Crippen molar-refractivity contribution in [2.45, 2.75) is 19.3 Å². The van der Waals surface area contributed by atoms with Crippen molar-refractivity contribution in [1.82, 2.24) is 15.1 Å². The molecule has 1 atom stereocenters. The fourth-order valence-electron chi connectivity index (χ4n) is 2.57. The molecule has 1 aromatic carbocycles. The van der Waals surface area contributed by atoms with Crippen LogP contribution in [-0.4, -0.2) is 61.8 Å². The average molecular weight is 382 g/mol. The lowest BCUT2D eigenvalue weighted by atomic mass is 10.1. The van der Waals surface area contributed by atoms with E-state index in [-0.39, 0.29) is 36.7 Å². The first kappa shape index (κ1) is 21.5. The predicted octanol–water partition coefficient (Wildman–Crippen LogP) is 2.43. The number of nitrogens with zero attached hydrogens (tertiary/aromatic N) is 2.